The van der Waals surface area contributed by atoms with Crippen LogP contribution in [0.5, 0.6) is 5.75 Å². The zero-order chi connectivity index (χ0) is 17.4. The van der Waals surface area contributed by atoms with Gasteiger partial charge in [-0.05, 0) is 36.4 Å². The van der Waals surface area contributed by atoms with E-state index >= 15 is 0 Å². The molecule has 0 spiro atoms. The highest BCUT2D eigenvalue weighted by atomic mass is 35.5. The highest BCUT2D eigenvalue weighted by molar-refractivity contribution is 7.92. The highest BCUT2D eigenvalue weighted by Crippen LogP contribution is 2.35. The van der Waals surface area contributed by atoms with Gasteiger partial charge in [-0.1, -0.05) is 23.2 Å². The fourth-order valence-corrected chi connectivity index (χ4v) is 3.37. The molecule has 0 bridgehead atoms. The monoisotopic (exact) mass is 385 g/mol. The van der Waals surface area contributed by atoms with Crippen LogP contribution in [0.25, 0.3) is 0 Å². The maximum absolute atomic E-state index is 12.5. The van der Waals surface area contributed by atoms with Crippen LogP contribution in [0.2, 0.25) is 10.0 Å². The Hall–Kier alpha value is -1.64. The lowest BCUT2D eigenvalue weighted by Gasteiger charge is -2.11. The molecule has 0 aliphatic carbocycles. The molecule has 0 aromatic heterocycles. The third-order valence-corrected chi connectivity index (χ3v) is 4.70. The molecule has 0 fully saturated rings. The largest absolute Gasteiger partial charge is 0.505 e. The van der Waals surface area contributed by atoms with Crippen LogP contribution in [-0.4, -0.2) is 13.5 Å². The third kappa shape index (κ3) is 4.01. The number of rotatable bonds is 3. The van der Waals surface area contributed by atoms with Crippen LogP contribution in [0.15, 0.2) is 41.3 Å². The molecule has 0 unspecified atom stereocenters. The molecule has 2 rings (SSSR count). The number of benzene rings is 2. The van der Waals surface area contributed by atoms with Gasteiger partial charge in [-0.25, -0.2) is 8.42 Å². The SMILES string of the molecule is O=S(=O)(Nc1ccc(C(F)(F)F)cc1)c1cc(Cl)c(O)c(Cl)c1. The van der Waals surface area contributed by atoms with E-state index < -0.39 is 27.5 Å². The summed E-state index contributed by atoms with van der Waals surface area (Å²) in [6, 6.07) is 5.38. The number of halogens is 5. The molecule has 0 heterocycles. The summed E-state index contributed by atoms with van der Waals surface area (Å²) in [7, 11) is -4.13. The minimum absolute atomic E-state index is 0.0710. The molecule has 0 radical (unpaired) electrons. The van der Waals surface area contributed by atoms with Crippen molar-refractivity contribution >= 4 is 38.9 Å². The molecule has 4 nitrogen and oxygen atoms in total. The number of alkyl halides is 3. The van der Waals surface area contributed by atoms with E-state index in [1.807, 2.05) is 0 Å². The normalized spacial score (nSPS) is 12.2. The van der Waals surface area contributed by atoms with Crippen molar-refractivity contribution in [3.8, 4) is 5.75 Å². The molecule has 0 aliphatic heterocycles. The number of phenolic OH excluding ortho intramolecular Hbond substituents is 1. The summed E-state index contributed by atoms with van der Waals surface area (Å²) in [4.78, 5) is -0.342. The standard InChI is InChI=1S/C13H8Cl2F3NO3S/c14-10-5-9(6-11(15)12(10)20)23(21,22)19-8-3-1-7(2-4-8)13(16,17)18/h1-6,19-20H. The smallest absolute Gasteiger partial charge is 0.416 e. The van der Waals surface area contributed by atoms with Crippen molar-refractivity contribution in [2.45, 2.75) is 11.1 Å². The Kier molecular flexibility index (Phi) is 4.70. The Morgan fingerprint density at radius 3 is 1.91 bits per heavy atom. The van der Waals surface area contributed by atoms with Gasteiger partial charge in [0.2, 0.25) is 0 Å². The van der Waals surface area contributed by atoms with Crippen LogP contribution in [-0.2, 0) is 16.2 Å². The highest BCUT2D eigenvalue weighted by Gasteiger charge is 2.30. The topological polar surface area (TPSA) is 66.4 Å². The van der Waals surface area contributed by atoms with Crippen LogP contribution in [0.1, 0.15) is 5.56 Å². The lowest BCUT2D eigenvalue weighted by molar-refractivity contribution is -0.137. The third-order valence-electron chi connectivity index (χ3n) is 2.77. The van der Waals surface area contributed by atoms with Crippen molar-refractivity contribution < 1.29 is 26.7 Å². The zero-order valence-electron chi connectivity index (χ0n) is 11.0. The van der Waals surface area contributed by atoms with Crippen LogP contribution >= 0.6 is 23.2 Å². The molecule has 0 saturated heterocycles. The second-order valence-electron chi connectivity index (χ2n) is 4.42. The summed E-state index contributed by atoms with van der Waals surface area (Å²) in [5.74, 6) is -0.471. The van der Waals surface area contributed by atoms with Crippen molar-refractivity contribution in [3.63, 3.8) is 0 Å². The number of phenols is 1. The Morgan fingerprint density at radius 1 is 1.00 bits per heavy atom. The van der Waals surface area contributed by atoms with Gasteiger partial charge in [-0.15, -0.1) is 0 Å². The number of hydrogen-bond donors (Lipinski definition) is 2. The van der Waals surface area contributed by atoms with Crippen molar-refractivity contribution in [1.29, 1.82) is 0 Å². The second kappa shape index (κ2) is 6.10. The number of hydrogen-bond acceptors (Lipinski definition) is 3. The fourth-order valence-electron chi connectivity index (χ4n) is 1.64. The van der Waals surface area contributed by atoms with Crippen LogP contribution in [0.4, 0.5) is 18.9 Å². The summed E-state index contributed by atoms with van der Waals surface area (Å²) in [5, 5.41) is 8.86. The molecule has 0 amide bonds. The molecule has 0 saturated carbocycles. The first-order valence-electron chi connectivity index (χ1n) is 5.89. The summed E-state index contributed by atoms with van der Waals surface area (Å²) in [6.07, 6.45) is -4.52. The van der Waals surface area contributed by atoms with Gasteiger partial charge >= 0.3 is 6.18 Å². The predicted molar refractivity (Wildman–Crippen MR) is 80.4 cm³/mol. The molecule has 2 aromatic carbocycles. The molecule has 10 heteroatoms. The van der Waals surface area contributed by atoms with E-state index in [9.17, 15) is 26.7 Å². The lowest BCUT2D eigenvalue weighted by Crippen LogP contribution is -2.13. The molecule has 2 aromatic rings. The van der Waals surface area contributed by atoms with Gasteiger partial charge in [-0.3, -0.25) is 4.72 Å². The van der Waals surface area contributed by atoms with Gasteiger partial charge in [0, 0.05) is 5.69 Å². The average molecular weight is 386 g/mol. The first-order valence-corrected chi connectivity index (χ1v) is 8.13. The van der Waals surface area contributed by atoms with E-state index in [-0.39, 0.29) is 20.6 Å². The van der Waals surface area contributed by atoms with Gasteiger partial charge in [0.15, 0.2) is 5.75 Å². The Labute approximate surface area is 139 Å². The average Bonchev–Trinajstić information content (AvgIpc) is 2.43. The van der Waals surface area contributed by atoms with Gasteiger partial charge in [0.1, 0.15) is 0 Å². The molecule has 124 valence electrons. The van der Waals surface area contributed by atoms with E-state index in [1.165, 1.54) is 0 Å². The van der Waals surface area contributed by atoms with E-state index in [0.717, 1.165) is 36.4 Å². The first kappa shape index (κ1) is 17.7. The summed E-state index contributed by atoms with van der Waals surface area (Å²) < 4.78 is 63.8. The van der Waals surface area contributed by atoms with Gasteiger partial charge in [-0.2, -0.15) is 13.2 Å². The van der Waals surface area contributed by atoms with Gasteiger partial charge in [0.25, 0.3) is 10.0 Å². The maximum Gasteiger partial charge on any atom is 0.416 e. The molecule has 23 heavy (non-hydrogen) atoms. The van der Waals surface area contributed by atoms with Crippen molar-refractivity contribution in [2.24, 2.45) is 0 Å². The van der Waals surface area contributed by atoms with Crippen molar-refractivity contribution in [1.82, 2.24) is 0 Å². The molecule has 0 atom stereocenters. The van der Waals surface area contributed by atoms with Crippen molar-refractivity contribution in [2.75, 3.05) is 4.72 Å². The molecule has 2 N–H and O–H groups in total. The quantitative estimate of drug-likeness (QED) is 0.815. The maximum atomic E-state index is 12.5. The van der Waals surface area contributed by atoms with Crippen molar-refractivity contribution in [3.05, 3.63) is 52.0 Å². The second-order valence-corrected chi connectivity index (χ2v) is 6.91. The summed E-state index contributed by atoms with van der Waals surface area (Å²) in [6.45, 7) is 0. The predicted octanol–water partition coefficient (Wildman–Crippen LogP) is 4.52. The fraction of sp³-hybridized carbons (Fsp3) is 0.0769. The van der Waals surface area contributed by atoms with E-state index in [0.29, 0.717) is 0 Å². The first-order chi connectivity index (χ1) is 10.5. The molecule has 0 aliphatic rings. The minimum Gasteiger partial charge on any atom is -0.505 e. The van der Waals surface area contributed by atoms with E-state index in [1.54, 1.807) is 0 Å². The Balaban J connectivity index is 2.32. The number of sulfonamides is 1. The number of nitrogens with one attached hydrogen (secondary N) is 1. The number of aromatic hydroxyl groups is 1. The Bertz CT molecular complexity index is 814. The summed E-state index contributed by atoms with van der Waals surface area (Å²) >= 11 is 11.3. The van der Waals surface area contributed by atoms with Crippen LogP contribution in [0, 0.1) is 0 Å². The minimum atomic E-state index is -4.52. The van der Waals surface area contributed by atoms with Crippen LogP contribution < -0.4 is 4.72 Å². The summed E-state index contributed by atoms with van der Waals surface area (Å²) in [5.41, 5.74) is -0.977. The van der Waals surface area contributed by atoms with Gasteiger partial charge < -0.3 is 5.11 Å². The zero-order valence-corrected chi connectivity index (χ0v) is 13.4. The Morgan fingerprint density at radius 2 is 1.48 bits per heavy atom. The molecular weight excluding hydrogens is 378 g/mol. The van der Waals surface area contributed by atoms with Gasteiger partial charge in [0.05, 0.1) is 20.5 Å². The molecular formula is C13H8Cl2F3NO3S. The lowest BCUT2D eigenvalue weighted by atomic mass is 10.2. The van der Waals surface area contributed by atoms with E-state index in [4.69, 9.17) is 23.2 Å². The van der Waals surface area contributed by atoms with E-state index in [2.05, 4.69) is 4.72 Å². The van der Waals surface area contributed by atoms with Crippen LogP contribution in [0.3, 0.4) is 0 Å². The number of anilines is 1.